The summed E-state index contributed by atoms with van der Waals surface area (Å²) >= 11 is 6.07. The highest BCUT2D eigenvalue weighted by Gasteiger charge is 2.22. The fourth-order valence-electron chi connectivity index (χ4n) is 1.86. The zero-order valence-electron chi connectivity index (χ0n) is 12.1. The summed E-state index contributed by atoms with van der Waals surface area (Å²) < 4.78 is 1.35. The lowest BCUT2D eigenvalue weighted by Gasteiger charge is -2.26. The summed E-state index contributed by atoms with van der Waals surface area (Å²) in [5.74, 6) is -0.428. The number of nitrogens with one attached hydrogen (secondary N) is 1. The number of nitrogens with two attached hydrogens (primary N) is 1. The SMILES string of the molecule is CCCCn1ncc(NC(C)(C)CC(N)=O)c(Cl)c1=O. The minimum Gasteiger partial charge on any atom is -0.377 e. The van der Waals surface area contributed by atoms with E-state index in [1.54, 1.807) is 13.8 Å². The number of carbonyl (C=O) groups excluding carboxylic acids is 1. The molecule has 0 fully saturated rings. The van der Waals surface area contributed by atoms with Crippen molar-refractivity contribution in [3.8, 4) is 0 Å². The molecular formula is C13H21ClN4O2. The van der Waals surface area contributed by atoms with E-state index < -0.39 is 11.4 Å². The molecule has 20 heavy (non-hydrogen) atoms. The minimum absolute atomic E-state index is 0.0775. The number of aryl methyl sites for hydroxylation is 1. The van der Waals surface area contributed by atoms with E-state index in [9.17, 15) is 9.59 Å². The van der Waals surface area contributed by atoms with Crippen molar-refractivity contribution in [1.82, 2.24) is 9.78 Å². The van der Waals surface area contributed by atoms with E-state index in [1.165, 1.54) is 10.9 Å². The largest absolute Gasteiger partial charge is 0.377 e. The third-order valence-corrected chi connectivity index (χ3v) is 3.16. The lowest BCUT2D eigenvalue weighted by molar-refractivity contribution is -0.118. The predicted molar refractivity (Wildman–Crippen MR) is 79.9 cm³/mol. The van der Waals surface area contributed by atoms with E-state index in [0.29, 0.717) is 12.2 Å². The Hall–Kier alpha value is -1.56. The van der Waals surface area contributed by atoms with Gasteiger partial charge in [0.15, 0.2) is 0 Å². The van der Waals surface area contributed by atoms with Gasteiger partial charge in [-0.15, -0.1) is 0 Å². The van der Waals surface area contributed by atoms with Crippen LogP contribution >= 0.6 is 11.6 Å². The second kappa shape index (κ2) is 6.74. The molecule has 0 atom stereocenters. The summed E-state index contributed by atoms with van der Waals surface area (Å²) in [5.41, 5.74) is 4.67. The first-order chi connectivity index (χ1) is 9.26. The van der Waals surface area contributed by atoms with Crippen molar-refractivity contribution in [1.29, 1.82) is 0 Å². The first kappa shape index (κ1) is 16.5. The third-order valence-electron chi connectivity index (χ3n) is 2.80. The zero-order chi connectivity index (χ0) is 15.3. The zero-order valence-corrected chi connectivity index (χ0v) is 12.8. The molecule has 1 rings (SSSR count). The van der Waals surface area contributed by atoms with E-state index in [2.05, 4.69) is 10.4 Å². The molecule has 0 aliphatic heterocycles. The highest BCUT2D eigenvalue weighted by Crippen LogP contribution is 2.22. The van der Waals surface area contributed by atoms with Gasteiger partial charge in [0.2, 0.25) is 5.91 Å². The van der Waals surface area contributed by atoms with Crippen molar-refractivity contribution in [3.63, 3.8) is 0 Å². The van der Waals surface area contributed by atoms with Crippen molar-refractivity contribution < 1.29 is 4.79 Å². The number of halogens is 1. The molecule has 1 amide bonds. The number of unbranched alkanes of at least 4 members (excludes halogenated alkanes) is 1. The number of amides is 1. The summed E-state index contributed by atoms with van der Waals surface area (Å²) in [4.78, 5) is 23.0. The molecule has 0 aliphatic rings. The van der Waals surface area contributed by atoms with Gasteiger partial charge >= 0.3 is 0 Å². The van der Waals surface area contributed by atoms with Gasteiger partial charge in [0.05, 0.1) is 11.9 Å². The molecular weight excluding hydrogens is 280 g/mol. The standard InChI is InChI=1S/C13H21ClN4O2/c1-4-5-6-18-12(20)11(14)9(8-16-18)17-13(2,3)7-10(15)19/h8,17H,4-7H2,1-3H3,(H2,15,19). The van der Waals surface area contributed by atoms with Crippen LogP contribution in [0.2, 0.25) is 5.02 Å². The summed E-state index contributed by atoms with van der Waals surface area (Å²) in [7, 11) is 0. The molecule has 0 saturated heterocycles. The Morgan fingerprint density at radius 1 is 1.55 bits per heavy atom. The first-order valence-electron chi connectivity index (χ1n) is 6.59. The van der Waals surface area contributed by atoms with Crippen molar-refractivity contribution in [2.75, 3.05) is 5.32 Å². The maximum atomic E-state index is 12.0. The van der Waals surface area contributed by atoms with Crippen LogP contribution in [-0.2, 0) is 11.3 Å². The molecule has 0 unspecified atom stereocenters. The van der Waals surface area contributed by atoms with Crippen LogP contribution in [0.25, 0.3) is 0 Å². The van der Waals surface area contributed by atoms with Gasteiger partial charge in [0, 0.05) is 18.5 Å². The fourth-order valence-corrected chi connectivity index (χ4v) is 2.06. The Bertz CT molecular complexity index is 540. The number of aromatic nitrogens is 2. The Kier molecular flexibility index (Phi) is 5.56. The molecule has 1 aromatic heterocycles. The van der Waals surface area contributed by atoms with Gasteiger partial charge in [-0.05, 0) is 20.3 Å². The average molecular weight is 301 g/mol. The number of nitrogens with zero attached hydrogens (tertiary/aromatic N) is 2. The highest BCUT2D eigenvalue weighted by molar-refractivity contribution is 6.32. The van der Waals surface area contributed by atoms with Crippen LogP contribution in [0, 0.1) is 0 Å². The Morgan fingerprint density at radius 3 is 2.75 bits per heavy atom. The average Bonchev–Trinajstić information content (AvgIpc) is 2.32. The predicted octanol–water partition coefficient (Wildman–Crippen LogP) is 1.76. The van der Waals surface area contributed by atoms with E-state index in [0.717, 1.165) is 12.8 Å². The van der Waals surface area contributed by atoms with Crippen LogP contribution in [0.4, 0.5) is 5.69 Å². The van der Waals surface area contributed by atoms with E-state index >= 15 is 0 Å². The lowest BCUT2D eigenvalue weighted by Crippen LogP contribution is -2.37. The first-order valence-corrected chi connectivity index (χ1v) is 6.96. The smallest absolute Gasteiger partial charge is 0.287 e. The number of rotatable bonds is 7. The monoisotopic (exact) mass is 300 g/mol. The molecule has 0 bridgehead atoms. The summed E-state index contributed by atoms with van der Waals surface area (Å²) in [5, 5.41) is 7.19. The van der Waals surface area contributed by atoms with Gasteiger partial charge in [-0.1, -0.05) is 24.9 Å². The molecule has 7 heteroatoms. The number of anilines is 1. The quantitative estimate of drug-likeness (QED) is 0.803. The van der Waals surface area contributed by atoms with Gasteiger partial charge in [-0.2, -0.15) is 5.10 Å². The Labute approximate surface area is 123 Å². The molecule has 0 saturated carbocycles. The van der Waals surface area contributed by atoms with Crippen molar-refractivity contribution in [2.45, 2.75) is 52.1 Å². The van der Waals surface area contributed by atoms with Crippen molar-refractivity contribution in [2.24, 2.45) is 5.73 Å². The minimum atomic E-state index is -0.598. The molecule has 1 heterocycles. The van der Waals surface area contributed by atoms with Gasteiger partial charge < -0.3 is 11.1 Å². The van der Waals surface area contributed by atoms with Crippen LogP contribution in [0.5, 0.6) is 0 Å². The topological polar surface area (TPSA) is 90.0 Å². The molecule has 0 spiro atoms. The maximum absolute atomic E-state index is 12.0. The molecule has 3 N–H and O–H groups in total. The Morgan fingerprint density at radius 2 is 2.20 bits per heavy atom. The van der Waals surface area contributed by atoms with E-state index in [1.807, 2.05) is 6.92 Å². The van der Waals surface area contributed by atoms with Crippen LogP contribution in [0.1, 0.15) is 40.0 Å². The van der Waals surface area contributed by atoms with Gasteiger partial charge in [0.1, 0.15) is 5.02 Å². The van der Waals surface area contributed by atoms with Crippen LogP contribution in [0.15, 0.2) is 11.0 Å². The fraction of sp³-hybridized carbons (Fsp3) is 0.615. The number of carbonyl (C=O) groups is 1. The second-order valence-corrected chi connectivity index (χ2v) is 5.78. The van der Waals surface area contributed by atoms with Gasteiger partial charge in [-0.25, -0.2) is 4.68 Å². The van der Waals surface area contributed by atoms with Gasteiger partial charge in [-0.3, -0.25) is 9.59 Å². The van der Waals surface area contributed by atoms with Crippen LogP contribution in [-0.4, -0.2) is 21.2 Å². The Balaban J connectivity index is 2.95. The lowest BCUT2D eigenvalue weighted by atomic mass is 10.00. The molecule has 6 nitrogen and oxygen atoms in total. The van der Waals surface area contributed by atoms with Crippen LogP contribution in [0.3, 0.4) is 0 Å². The van der Waals surface area contributed by atoms with Crippen molar-refractivity contribution in [3.05, 3.63) is 21.6 Å². The molecule has 1 aromatic rings. The maximum Gasteiger partial charge on any atom is 0.287 e. The normalized spacial score (nSPS) is 11.4. The van der Waals surface area contributed by atoms with Crippen LogP contribution < -0.4 is 16.6 Å². The number of hydrogen-bond donors (Lipinski definition) is 2. The third kappa shape index (κ3) is 4.52. The molecule has 0 aliphatic carbocycles. The summed E-state index contributed by atoms with van der Waals surface area (Å²) in [6.07, 6.45) is 3.46. The summed E-state index contributed by atoms with van der Waals surface area (Å²) in [6, 6.07) is 0. The second-order valence-electron chi connectivity index (χ2n) is 5.41. The van der Waals surface area contributed by atoms with Gasteiger partial charge in [0.25, 0.3) is 5.56 Å². The molecule has 112 valence electrons. The number of hydrogen-bond acceptors (Lipinski definition) is 4. The van der Waals surface area contributed by atoms with E-state index in [4.69, 9.17) is 17.3 Å². The van der Waals surface area contributed by atoms with E-state index in [-0.39, 0.29) is 17.0 Å². The molecule has 0 aromatic carbocycles. The molecule has 0 radical (unpaired) electrons. The number of primary amides is 1. The van der Waals surface area contributed by atoms with Crippen molar-refractivity contribution >= 4 is 23.2 Å². The summed E-state index contributed by atoms with van der Waals surface area (Å²) in [6.45, 7) is 6.18. The highest BCUT2D eigenvalue weighted by atomic mass is 35.5.